The molecule has 2 aromatic carbocycles. The van der Waals surface area contributed by atoms with Gasteiger partial charge in [0.1, 0.15) is 22.0 Å². The normalized spacial score (nSPS) is 12.0. The average Bonchev–Trinajstić information content (AvgIpc) is 2.66. The van der Waals surface area contributed by atoms with Gasteiger partial charge in [-0.1, -0.05) is 0 Å². The van der Waals surface area contributed by atoms with E-state index in [0.717, 1.165) is 36.4 Å². The SMILES string of the molecule is O=c1ccc2c(-c3c(F)c(F)c(F)c(F)c3S(=O)(=O)O)c3ccc(O)cc3oc-2c1. The highest BCUT2D eigenvalue weighted by atomic mass is 32.2. The van der Waals surface area contributed by atoms with Crippen LogP contribution in [0.3, 0.4) is 0 Å². The minimum absolute atomic E-state index is 0.145. The molecule has 1 aliphatic carbocycles. The first-order valence-electron chi connectivity index (χ1n) is 8.04. The molecule has 0 radical (unpaired) electrons. The third-order valence-corrected chi connectivity index (χ3v) is 5.31. The summed E-state index contributed by atoms with van der Waals surface area (Å²) in [4.78, 5) is 9.86. The van der Waals surface area contributed by atoms with Crippen LogP contribution in [-0.2, 0) is 10.1 Å². The van der Waals surface area contributed by atoms with Gasteiger partial charge >= 0.3 is 0 Å². The topological polar surface area (TPSA) is 105 Å². The smallest absolute Gasteiger partial charge is 0.298 e. The van der Waals surface area contributed by atoms with Gasteiger partial charge in [-0.3, -0.25) is 9.35 Å². The second-order valence-electron chi connectivity index (χ2n) is 6.25. The molecule has 0 unspecified atom stereocenters. The van der Waals surface area contributed by atoms with Gasteiger partial charge in [0, 0.05) is 34.2 Å². The maximum atomic E-state index is 14.8. The van der Waals surface area contributed by atoms with Gasteiger partial charge in [-0.2, -0.15) is 8.42 Å². The molecule has 0 fully saturated rings. The van der Waals surface area contributed by atoms with Crippen LogP contribution in [-0.4, -0.2) is 18.1 Å². The van der Waals surface area contributed by atoms with Crippen molar-refractivity contribution in [1.82, 2.24) is 0 Å². The Kier molecular flexibility index (Phi) is 4.33. The minimum Gasteiger partial charge on any atom is -0.508 e. The maximum Gasteiger partial charge on any atom is 0.298 e. The van der Waals surface area contributed by atoms with Crippen LogP contribution < -0.4 is 5.43 Å². The van der Waals surface area contributed by atoms with E-state index in [1.807, 2.05) is 0 Å². The minimum atomic E-state index is -5.59. The molecule has 4 rings (SSSR count). The Morgan fingerprint density at radius 2 is 1.50 bits per heavy atom. The highest BCUT2D eigenvalue weighted by Crippen LogP contribution is 2.45. The number of hydrogen-bond acceptors (Lipinski definition) is 5. The number of halogens is 4. The summed E-state index contributed by atoms with van der Waals surface area (Å²) in [5, 5.41) is 9.53. The van der Waals surface area contributed by atoms with E-state index in [2.05, 4.69) is 0 Å². The Morgan fingerprint density at radius 3 is 2.17 bits per heavy atom. The van der Waals surface area contributed by atoms with E-state index in [4.69, 9.17) is 4.42 Å². The van der Waals surface area contributed by atoms with Crippen LogP contribution >= 0.6 is 0 Å². The van der Waals surface area contributed by atoms with Crippen molar-refractivity contribution < 1.29 is 40.1 Å². The second kappa shape index (κ2) is 6.54. The van der Waals surface area contributed by atoms with Gasteiger partial charge in [-0.25, -0.2) is 17.6 Å². The molecule has 0 bridgehead atoms. The van der Waals surface area contributed by atoms with Crippen LogP contribution in [0.25, 0.3) is 33.4 Å². The molecule has 1 aliphatic heterocycles. The molecule has 0 spiro atoms. The molecule has 0 saturated heterocycles. The molecule has 1 heterocycles. The van der Waals surface area contributed by atoms with E-state index in [0.29, 0.717) is 0 Å². The number of aromatic hydroxyl groups is 1. The van der Waals surface area contributed by atoms with Gasteiger partial charge in [0.15, 0.2) is 28.7 Å². The molecule has 0 atom stereocenters. The second-order valence-corrected chi connectivity index (χ2v) is 7.61. The standard InChI is InChI=1S/C19H8F4O6S/c20-15-14(19(30(26,27)28)18(23)17(22)16(15)21)13-9-3-1-7(24)5-11(9)29-12-6-8(25)2-4-10(12)13/h1-6,24H,(H,26,27,28). The zero-order valence-electron chi connectivity index (χ0n) is 14.4. The first kappa shape index (κ1) is 19.9. The maximum absolute atomic E-state index is 14.8. The number of hydrogen-bond donors (Lipinski definition) is 2. The lowest BCUT2D eigenvalue weighted by molar-refractivity contribution is 0.393. The van der Waals surface area contributed by atoms with Crippen molar-refractivity contribution >= 4 is 21.1 Å². The summed E-state index contributed by atoms with van der Waals surface area (Å²) in [6.07, 6.45) is 0. The average molecular weight is 440 g/mol. The lowest BCUT2D eigenvalue weighted by Gasteiger charge is -2.18. The van der Waals surface area contributed by atoms with E-state index >= 15 is 0 Å². The van der Waals surface area contributed by atoms with Gasteiger partial charge in [0.05, 0.1) is 0 Å². The summed E-state index contributed by atoms with van der Waals surface area (Å²) in [5.74, 6) is -9.74. The monoisotopic (exact) mass is 440 g/mol. The Labute approximate surface area is 164 Å². The fourth-order valence-electron chi connectivity index (χ4n) is 3.21. The summed E-state index contributed by atoms with van der Waals surface area (Å²) < 4.78 is 95.5. The zero-order chi connectivity index (χ0) is 22.0. The first-order chi connectivity index (χ1) is 14.0. The van der Waals surface area contributed by atoms with Crippen LogP contribution in [0, 0.1) is 23.3 Å². The summed E-state index contributed by atoms with van der Waals surface area (Å²) in [6.45, 7) is 0. The van der Waals surface area contributed by atoms with Crippen LogP contribution in [0.15, 0.2) is 50.5 Å². The first-order valence-corrected chi connectivity index (χ1v) is 9.48. The largest absolute Gasteiger partial charge is 0.508 e. The molecule has 2 aliphatic rings. The third kappa shape index (κ3) is 2.90. The van der Waals surface area contributed by atoms with Crippen LogP contribution in [0.5, 0.6) is 5.75 Å². The molecule has 2 aromatic rings. The Morgan fingerprint density at radius 1 is 0.833 bits per heavy atom. The number of phenolic OH excluding ortho intramolecular Hbond substituents is 1. The van der Waals surface area contributed by atoms with Gasteiger partial charge in [0.25, 0.3) is 10.1 Å². The van der Waals surface area contributed by atoms with Gasteiger partial charge in [-0.05, 0) is 24.3 Å². The van der Waals surface area contributed by atoms with Crippen molar-refractivity contribution in [1.29, 1.82) is 0 Å². The molecule has 154 valence electrons. The molecule has 0 aromatic heterocycles. The lowest BCUT2D eigenvalue weighted by atomic mass is 9.93. The molecule has 0 amide bonds. The van der Waals surface area contributed by atoms with Crippen LogP contribution in [0.2, 0.25) is 0 Å². The van der Waals surface area contributed by atoms with E-state index in [-0.39, 0.29) is 28.0 Å². The summed E-state index contributed by atoms with van der Waals surface area (Å²) >= 11 is 0. The Balaban J connectivity index is 2.35. The van der Waals surface area contributed by atoms with E-state index in [9.17, 15) is 40.4 Å². The zero-order valence-corrected chi connectivity index (χ0v) is 15.2. The number of phenols is 1. The van der Waals surface area contributed by atoms with Crippen LogP contribution in [0.4, 0.5) is 17.6 Å². The molecule has 6 nitrogen and oxygen atoms in total. The fourth-order valence-corrected chi connectivity index (χ4v) is 3.97. The molecule has 2 N–H and O–H groups in total. The van der Waals surface area contributed by atoms with E-state index in [1.165, 1.54) is 0 Å². The number of rotatable bonds is 2. The predicted molar refractivity (Wildman–Crippen MR) is 95.9 cm³/mol. The van der Waals surface area contributed by atoms with Crippen molar-refractivity contribution in [2.45, 2.75) is 4.90 Å². The van der Waals surface area contributed by atoms with E-state index < -0.39 is 54.8 Å². The number of fused-ring (bicyclic) bond motifs is 2. The number of benzene rings is 3. The Bertz CT molecular complexity index is 1490. The molecule has 30 heavy (non-hydrogen) atoms. The van der Waals surface area contributed by atoms with Crippen molar-refractivity contribution in [2.24, 2.45) is 0 Å². The lowest BCUT2D eigenvalue weighted by Crippen LogP contribution is -2.12. The van der Waals surface area contributed by atoms with Crippen molar-refractivity contribution in [3.8, 4) is 28.2 Å². The van der Waals surface area contributed by atoms with Crippen LogP contribution in [0.1, 0.15) is 0 Å². The summed E-state index contributed by atoms with van der Waals surface area (Å²) in [7, 11) is -5.59. The third-order valence-electron chi connectivity index (χ3n) is 4.41. The Hall–Kier alpha value is -3.44. The van der Waals surface area contributed by atoms with Gasteiger partial charge in [0.2, 0.25) is 0 Å². The molecule has 11 heteroatoms. The predicted octanol–water partition coefficient (Wildman–Crippen LogP) is 4.07. The quantitative estimate of drug-likeness (QED) is 0.160. The highest BCUT2D eigenvalue weighted by molar-refractivity contribution is 7.86. The molecule has 0 saturated carbocycles. The molecular formula is C19H8F4O6S. The summed E-state index contributed by atoms with van der Waals surface area (Å²) in [5.41, 5.74) is -2.75. The van der Waals surface area contributed by atoms with Crippen molar-refractivity contribution in [3.63, 3.8) is 0 Å². The fraction of sp³-hybridized carbons (Fsp3) is 0. The summed E-state index contributed by atoms with van der Waals surface area (Å²) in [6, 6.07) is 6.25. The van der Waals surface area contributed by atoms with E-state index in [1.54, 1.807) is 0 Å². The highest BCUT2D eigenvalue weighted by Gasteiger charge is 2.35. The van der Waals surface area contributed by atoms with Gasteiger partial charge in [-0.15, -0.1) is 0 Å². The molecular weight excluding hydrogens is 432 g/mol. The van der Waals surface area contributed by atoms with Crippen molar-refractivity contribution in [3.05, 3.63) is 69.9 Å². The van der Waals surface area contributed by atoms with Gasteiger partial charge < -0.3 is 9.52 Å². The van der Waals surface area contributed by atoms with Crippen molar-refractivity contribution in [2.75, 3.05) is 0 Å².